The van der Waals surface area contributed by atoms with Crippen LogP contribution in [-0.4, -0.2) is 9.78 Å². The lowest BCUT2D eigenvalue weighted by Crippen LogP contribution is -2.04. The van der Waals surface area contributed by atoms with Gasteiger partial charge in [0.1, 0.15) is 5.75 Å². The smallest absolute Gasteiger partial charge is 0.217 e. The maximum absolute atomic E-state index is 5.84. The van der Waals surface area contributed by atoms with Gasteiger partial charge in [-0.1, -0.05) is 6.07 Å². The summed E-state index contributed by atoms with van der Waals surface area (Å²) in [6.45, 7) is 3.88. The van der Waals surface area contributed by atoms with E-state index in [4.69, 9.17) is 10.5 Å². The second-order valence-corrected chi connectivity index (χ2v) is 5.18. The molecule has 2 rings (SSSR count). The number of aromatic nitrogens is 2. The molecule has 0 spiro atoms. The van der Waals surface area contributed by atoms with Crippen molar-refractivity contribution in [1.29, 1.82) is 0 Å². The molecule has 0 amide bonds. The lowest BCUT2D eigenvalue weighted by molar-refractivity contribution is 0.428. The molecule has 2 N–H and O–H groups in total. The van der Waals surface area contributed by atoms with Crippen LogP contribution in [0.4, 0.5) is 0 Å². The van der Waals surface area contributed by atoms with E-state index in [2.05, 4.69) is 21.0 Å². The highest BCUT2D eigenvalue weighted by molar-refractivity contribution is 9.10. The van der Waals surface area contributed by atoms with Crippen molar-refractivity contribution in [3.63, 3.8) is 0 Å². The minimum absolute atomic E-state index is 0.00861. The zero-order valence-corrected chi connectivity index (χ0v) is 12.2. The average molecular weight is 310 g/mol. The van der Waals surface area contributed by atoms with Gasteiger partial charge < -0.3 is 10.5 Å². The maximum Gasteiger partial charge on any atom is 0.217 e. The molecule has 0 aliphatic heterocycles. The number of aryl methyl sites for hydroxylation is 2. The Kier molecular flexibility index (Phi) is 3.73. The van der Waals surface area contributed by atoms with E-state index >= 15 is 0 Å². The van der Waals surface area contributed by atoms with Crippen molar-refractivity contribution in [2.45, 2.75) is 19.9 Å². The molecule has 0 aliphatic rings. The van der Waals surface area contributed by atoms with Gasteiger partial charge in [-0.25, -0.2) is 4.68 Å². The van der Waals surface area contributed by atoms with Gasteiger partial charge in [0.05, 0.1) is 10.2 Å². The number of benzene rings is 1. The molecule has 1 heterocycles. The lowest BCUT2D eigenvalue weighted by atomic mass is 10.1. The number of halogens is 1. The van der Waals surface area contributed by atoms with Gasteiger partial charge >= 0.3 is 0 Å². The van der Waals surface area contributed by atoms with Gasteiger partial charge in [-0.2, -0.15) is 5.10 Å². The molecular formula is C13H16BrN3O. The molecule has 0 aliphatic carbocycles. The summed E-state index contributed by atoms with van der Waals surface area (Å²) in [5, 5.41) is 4.24. The molecule has 0 fully saturated rings. The molecule has 5 heteroatoms. The van der Waals surface area contributed by atoms with Crippen LogP contribution in [-0.2, 0) is 7.05 Å². The Bertz CT molecular complexity index is 563. The predicted octanol–water partition coefficient (Wildman–Crippen LogP) is 3.30. The Morgan fingerprint density at radius 1 is 1.39 bits per heavy atom. The van der Waals surface area contributed by atoms with E-state index in [0.717, 1.165) is 21.5 Å². The third kappa shape index (κ3) is 2.73. The van der Waals surface area contributed by atoms with Crippen LogP contribution in [0, 0.1) is 6.92 Å². The van der Waals surface area contributed by atoms with E-state index < -0.39 is 0 Å². The van der Waals surface area contributed by atoms with E-state index in [1.54, 1.807) is 4.68 Å². The van der Waals surface area contributed by atoms with Crippen LogP contribution >= 0.6 is 15.9 Å². The first-order valence-corrected chi connectivity index (χ1v) is 6.50. The number of nitrogens with two attached hydrogens (primary N) is 1. The molecule has 2 aromatic rings. The van der Waals surface area contributed by atoms with Crippen molar-refractivity contribution in [1.82, 2.24) is 9.78 Å². The standard InChI is InChI=1S/C13H16BrN3O/c1-8-6-13(17(3)16-8)18-12-5-4-10(9(2)15)7-11(12)14/h4-7,9H,15H2,1-3H3. The fourth-order valence-corrected chi connectivity index (χ4v) is 2.16. The number of hydrogen-bond acceptors (Lipinski definition) is 3. The molecular weight excluding hydrogens is 294 g/mol. The molecule has 1 atom stereocenters. The van der Waals surface area contributed by atoms with Crippen LogP contribution in [0.1, 0.15) is 24.2 Å². The molecule has 96 valence electrons. The second-order valence-electron chi connectivity index (χ2n) is 4.33. The summed E-state index contributed by atoms with van der Waals surface area (Å²) in [7, 11) is 1.85. The minimum atomic E-state index is 0.00861. The van der Waals surface area contributed by atoms with Gasteiger partial charge in [0.15, 0.2) is 0 Å². The van der Waals surface area contributed by atoms with Crippen molar-refractivity contribution >= 4 is 15.9 Å². The second kappa shape index (κ2) is 5.12. The Labute approximate surface area is 115 Å². The van der Waals surface area contributed by atoms with Gasteiger partial charge in [-0.3, -0.25) is 0 Å². The third-order valence-corrected chi connectivity index (χ3v) is 3.27. The zero-order chi connectivity index (χ0) is 13.3. The van der Waals surface area contributed by atoms with Crippen molar-refractivity contribution < 1.29 is 4.74 Å². The van der Waals surface area contributed by atoms with Crippen LogP contribution in [0.2, 0.25) is 0 Å². The number of hydrogen-bond donors (Lipinski definition) is 1. The third-order valence-electron chi connectivity index (χ3n) is 2.66. The molecule has 1 aromatic carbocycles. The van der Waals surface area contributed by atoms with Gasteiger partial charge in [0.25, 0.3) is 0 Å². The van der Waals surface area contributed by atoms with Gasteiger partial charge in [-0.15, -0.1) is 0 Å². The number of ether oxygens (including phenoxy) is 1. The first-order valence-electron chi connectivity index (χ1n) is 5.71. The molecule has 4 nitrogen and oxygen atoms in total. The summed E-state index contributed by atoms with van der Waals surface area (Å²) in [4.78, 5) is 0. The molecule has 0 radical (unpaired) electrons. The van der Waals surface area contributed by atoms with Crippen molar-refractivity contribution in [3.8, 4) is 11.6 Å². The Balaban J connectivity index is 2.27. The highest BCUT2D eigenvalue weighted by atomic mass is 79.9. The molecule has 1 unspecified atom stereocenters. The SMILES string of the molecule is Cc1cc(Oc2ccc(C(C)N)cc2Br)n(C)n1. The number of nitrogens with zero attached hydrogens (tertiary/aromatic N) is 2. The Hall–Kier alpha value is -1.33. The summed E-state index contributed by atoms with van der Waals surface area (Å²) >= 11 is 3.49. The summed E-state index contributed by atoms with van der Waals surface area (Å²) in [6.07, 6.45) is 0. The summed E-state index contributed by atoms with van der Waals surface area (Å²) in [6, 6.07) is 7.75. The summed E-state index contributed by atoms with van der Waals surface area (Å²) in [5.74, 6) is 1.46. The molecule has 0 bridgehead atoms. The van der Waals surface area contributed by atoms with Gasteiger partial charge in [0, 0.05) is 19.2 Å². The molecule has 18 heavy (non-hydrogen) atoms. The Morgan fingerprint density at radius 3 is 2.61 bits per heavy atom. The van der Waals surface area contributed by atoms with Crippen molar-refractivity contribution in [2.75, 3.05) is 0 Å². The van der Waals surface area contributed by atoms with Crippen LogP contribution in [0.25, 0.3) is 0 Å². The molecule has 0 saturated heterocycles. The number of rotatable bonds is 3. The normalized spacial score (nSPS) is 12.5. The minimum Gasteiger partial charge on any atom is -0.438 e. The Morgan fingerprint density at radius 2 is 2.11 bits per heavy atom. The van der Waals surface area contributed by atoms with E-state index in [0.29, 0.717) is 5.88 Å². The van der Waals surface area contributed by atoms with Gasteiger partial charge in [0.2, 0.25) is 5.88 Å². The fourth-order valence-electron chi connectivity index (χ4n) is 1.68. The summed E-state index contributed by atoms with van der Waals surface area (Å²) in [5.41, 5.74) is 7.83. The zero-order valence-electron chi connectivity index (χ0n) is 10.6. The quantitative estimate of drug-likeness (QED) is 0.946. The van der Waals surface area contributed by atoms with Crippen molar-refractivity contribution in [2.24, 2.45) is 12.8 Å². The predicted molar refractivity (Wildman–Crippen MR) is 74.8 cm³/mol. The van der Waals surface area contributed by atoms with Crippen LogP contribution in [0.15, 0.2) is 28.7 Å². The topological polar surface area (TPSA) is 53.1 Å². The van der Waals surface area contributed by atoms with Crippen LogP contribution < -0.4 is 10.5 Å². The highest BCUT2D eigenvalue weighted by Gasteiger charge is 2.09. The molecule has 0 saturated carbocycles. The first kappa shape index (κ1) is 13.1. The average Bonchev–Trinajstić information content (AvgIpc) is 2.60. The van der Waals surface area contributed by atoms with E-state index in [1.165, 1.54) is 0 Å². The van der Waals surface area contributed by atoms with E-state index in [-0.39, 0.29) is 6.04 Å². The van der Waals surface area contributed by atoms with Crippen LogP contribution in [0.3, 0.4) is 0 Å². The lowest BCUT2D eigenvalue weighted by Gasteiger charge is -2.10. The molecule has 1 aromatic heterocycles. The first-order chi connectivity index (χ1) is 8.47. The summed E-state index contributed by atoms with van der Waals surface area (Å²) < 4.78 is 8.40. The van der Waals surface area contributed by atoms with Gasteiger partial charge in [-0.05, 0) is 47.5 Å². The largest absolute Gasteiger partial charge is 0.438 e. The fraction of sp³-hybridized carbons (Fsp3) is 0.308. The van der Waals surface area contributed by atoms with Crippen LogP contribution in [0.5, 0.6) is 11.6 Å². The monoisotopic (exact) mass is 309 g/mol. The highest BCUT2D eigenvalue weighted by Crippen LogP contribution is 2.31. The maximum atomic E-state index is 5.84. The van der Waals surface area contributed by atoms with E-state index in [1.807, 2.05) is 45.2 Å². The van der Waals surface area contributed by atoms with E-state index in [9.17, 15) is 0 Å². The van der Waals surface area contributed by atoms with Crippen molar-refractivity contribution in [3.05, 3.63) is 40.0 Å².